The summed E-state index contributed by atoms with van der Waals surface area (Å²) in [5.74, 6) is -1.26. The molecule has 0 spiro atoms. The van der Waals surface area contributed by atoms with Crippen LogP contribution in [0.4, 0.5) is 0 Å². The summed E-state index contributed by atoms with van der Waals surface area (Å²) < 4.78 is 12.2. The van der Waals surface area contributed by atoms with Gasteiger partial charge in [-0.25, -0.2) is 4.79 Å². The van der Waals surface area contributed by atoms with E-state index >= 15 is 0 Å². The van der Waals surface area contributed by atoms with Gasteiger partial charge in [0.1, 0.15) is 12.2 Å². The molecule has 1 aliphatic heterocycles. The minimum absolute atomic E-state index is 0.0289. The van der Waals surface area contributed by atoms with Crippen molar-refractivity contribution in [2.24, 2.45) is 0 Å². The largest absolute Gasteiger partial charge is 0.490 e. The van der Waals surface area contributed by atoms with Crippen molar-refractivity contribution in [3.8, 4) is 11.5 Å². The highest BCUT2D eigenvalue weighted by molar-refractivity contribution is 9.10. The number of carbonyl (C=O) groups excluding carboxylic acids is 2. The second-order valence-corrected chi connectivity index (χ2v) is 8.31. The Balaban J connectivity index is 1.88. The van der Waals surface area contributed by atoms with Crippen molar-refractivity contribution in [3.63, 3.8) is 0 Å². The van der Waals surface area contributed by atoms with E-state index in [1.54, 1.807) is 24.3 Å². The number of nitrogens with zero attached hydrogens (tertiary/aromatic N) is 1. The van der Waals surface area contributed by atoms with Crippen LogP contribution in [0.3, 0.4) is 0 Å². The number of carboxylic acid groups (broad SMARTS) is 1. The molecule has 1 fully saturated rings. The van der Waals surface area contributed by atoms with E-state index in [-0.39, 0.29) is 29.4 Å². The molecule has 10 heteroatoms. The van der Waals surface area contributed by atoms with Gasteiger partial charge in [0, 0.05) is 11.0 Å². The van der Waals surface area contributed by atoms with Gasteiger partial charge in [-0.15, -0.1) is 6.58 Å². The lowest BCUT2D eigenvalue weighted by molar-refractivity contribution is -0.128. The van der Waals surface area contributed by atoms with Crippen LogP contribution >= 0.6 is 28.1 Å². The van der Waals surface area contributed by atoms with E-state index in [0.29, 0.717) is 28.1 Å². The lowest BCUT2D eigenvalue weighted by Gasteiger charge is -2.27. The molecular weight excluding hydrogens is 524 g/mol. The van der Waals surface area contributed by atoms with E-state index < -0.39 is 17.8 Å². The molecule has 0 radical (unpaired) electrons. The maximum absolute atomic E-state index is 12.8. The molecule has 2 amide bonds. The van der Waals surface area contributed by atoms with Crippen LogP contribution in [0.2, 0.25) is 0 Å². The lowest BCUT2D eigenvalue weighted by Crippen LogP contribution is -2.53. The van der Waals surface area contributed by atoms with Gasteiger partial charge in [0.2, 0.25) is 0 Å². The number of hydrogen-bond donors (Lipinski definition) is 2. The number of aromatic carboxylic acids is 1. The zero-order chi connectivity index (χ0) is 24.8. The van der Waals surface area contributed by atoms with Crippen LogP contribution in [-0.2, 0) is 16.2 Å². The molecule has 0 atom stereocenters. The molecule has 176 valence electrons. The van der Waals surface area contributed by atoms with E-state index in [0.717, 1.165) is 5.56 Å². The van der Waals surface area contributed by atoms with Crippen LogP contribution in [0, 0.1) is 0 Å². The van der Waals surface area contributed by atoms with Crippen LogP contribution in [0.15, 0.2) is 59.1 Å². The van der Waals surface area contributed by atoms with E-state index in [9.17, 15) is 14.4 Å². The van der Waals surface area contributed by atoms with E-state index in [2.05, 4.69) is 27.8 Å². The molecule has 2 aromatic rings. The number of thiocarbonyl (C=S) groups is 1. The molecule has 1 aliphatic rings. The van der Waals surface area contributed by atoms with Crippen molar-refractivity contribution in [1.82, 2.24) is 10.2 Å². The molecule has 2 aromatic carbocycles. The molecule has 3 rings (SSSR count). The highest BCUT2D eigenvalue weighted by Crippen LogP contribution is 2.36. The quantitative estimate of drug-likeness (QED) is 0.213. The number of carboxylic acids is 1. The number of carbonyl (C=O) groups is 3. The van der Waals surface area contributed by atoms with Crippen molar-refractivity contribution in [2.75, 3.05) is 13.2 Å². The minimum atomic E-state index is -1.00. The minimum Gasteiger partial charge on any atom is -0.490 e. The van der Waals surface area contributed by atoms with Crippen molar-refractivity contribution < 1.29 is 29.0 Å². The Morgan fingerprint density at radius 2 is 1.88 bits per heavy atom. The molecule has 1 heterocycles. The Hall–Kier alpha value is -3.50. The summed E-state index contributed by atoms with van der Waals surface area (Å²) in [6, 6.07) is 9.69. The first-order chi connectivity index (χ1) is 16.2. The van der Waals surface area contributed by atoms with E-state index in [4.69, 9.17) is 26.8 Å². The predicted molar refractivity (Wildman–Crippen MR) is 134 cm³/mol. The van der Waals surface area contributed by atoms with Crippen molar-refractivity contribution >= 4 is 57.1 Å². The maximum Gasteiger partial charge on any atom is 0.335 e. The summed E-state index contributed by atoms with van der Waals surface area (Å²) in [5.41, 5.74) is 1.42. The van der Waals surface area contributed by atoms with Crippen LogP contribution in [0.25, 0.3) is 6.08 Å². The summed E-state index contributed by atoms with van der Waals surface area (Å²) in [4.78, 5) is 37.5. The van der Waals surface area contributed by atoms with Gasteiger partial charge in [-0.05, 0) is 60.6 Å². The number of rotatable bonds is 9. The van der Waals surface area contributed by atoms with Crippen LogP contribution in [-0.4, -0.2) is 46.1 Å². The number of nitrogens with one attached hydrogen (secondary N) is 1. The second-order valence-electron chi connectivity index (χ2n) is 7.07. The van der Waals surface area contributed by atoms with Gasteiger partial charge >= 0.3 is 5.97 Å². The zero-order valence-corrected chi connectivity index (χ0v) is 20.6. The summed E-state index contributed by atoms with van der Waals surface area (Å²) in [6.07, 6.45) is 2.97. The Kier molecular flexibility index (Phi) is 8.19. The van der Waals surface area contributed by atoms with E-state index in [1.807, 2.05) is 6.92 Å². The third kappa shape index (κ3) is 5.70. The van der Waals surface area contributed by atoms with Crippen molar-refractivity contribution in [1.29, 1.82) is 0 Å². The first kappa shape index (κ1) is 25.1. The van der Waals surface area contributed by atoms with Crippen molar-refractivity contribution in [3.05, 3.63) is 75.8 Å². The average Bonchev–Trinajstić information content (AvgIpc) is 2.80. The Bertz CT molecular complexity index is 1190. The summed E-state index contributed by atoms with van der Waals surface area (Å²) in [6.45, 7) is 6.14. The summed E-state index contributed by atoms with van der Waals surface area (Å²) >= 11 is 8.54. The van der Waals surface area contributed by atoms with Gasteiger partial charge in [-0.2, -0.15) is 0 Å². The zero-order valence-electron chi connectivity index (χ0n) is 18.2. The molecule has 34 heavy (non-hydrogen) atoms. The van der Waals surface area contributed by atoms with Gasteiger partial charge < -0.3 is 14.6 Å². The summed E-state index contributed by atoms with van der Waals surface area (Å²) in [7, 11) is 0. The van der Waals surface area contributed by atoms with Crippen LogP contribution < -0.4 is 14.8 Å². The van der Waals surface area contributed by atoms with E-state index in [1.165, 1.54) is 29.2 Å². The van der Waals surface area contributed by atoms with Gasteiger partial charge in [0.15, 0.2) is 16.6 Å². The number of ether oxygens (including phenoxy) is 2. The fourth-order valence-electron chi connectivity index (χ4n) is 3.09. The Morgan fingerprint density at radius 1 is 1.21 bits per heavy atom. The number of halogens is 1. The summed E-state index contributed by atoms with van der Waals surface area (Å²) in [5, 5.41) is 11.6. The molecule has 0 aromatic heterocycles. The number of hydrogen-bond acceptors (Lipinski definition) is 6. The monoisotopic (exact) mass is 544 g/mol. The highest BCUT2D eigenvalue weighted by Gasteiger charge is 2.32. The molecule has 2 N–H and O–H groups in total. The standard InChI is InChI=1S/C24H21BrN2O6S/c1-3-9-27-22(29)17(21(28)26-24(27)34)10-16-11-19(32-4-2)20(12-18(16)25)33-13-14-5-7-15(8-6-14)23(30)31/h3,5-8,10-12H,1,4,9,13H2,2H3,(H,30,31)(H,26,28,34)/b17-10+. The molecule has 0 saturated carbocycles. The number of benzene rings is 2. The lowest BCUT2D eigenvalue weighted by atomic mass is 10.1. The normalized spacial score (nSPS) is 14.7. The van der Waals surface area contributed by atoms with Crippen LogP contribution in [0.5, 0.6) is 11.5 Å². The van der Waals surface area contributed by atoms with Gasteiger partial charge in [0.25, 0.3) is 11.8 Å². The number of amides is 2. The third-order valence-electron chi connectivity index (χ3n) is 4.76. The first-order valence-electron chi connectivity index (χ1n) is 10.2. The fraction of sp³-hybridized carbons (Fsp3) is 0.167. The molecule has 1 saturated heterocycles. The Labute approximate surface area is 210 Å². The SMILES string of the molecule is C=CCN1C(=O)/C(=C/c2cc(OCC)c(OCc3ccc(C(=O)O)cc3)cc2Br)C(=O)NC1=S. The van der Waals surface area contributed by atoms with Gasteiger partial charge in [-0.3, -0.25) is 19.8 Å². The average molecular weight is 545 g/mol. The molecular formula is C24H21BrN2O6S. The van der Waals surface area contributed by atoms with Gasteiger partial charge in [0.05, 0.1) is 12.2 Å². The third-order valence-corrected chi connectivity index (χ3v) is 5.76. The molecule has 8 nitrogen and oxygen atoms in total. The fourth-order valence-corrected chi connectivity index (χ4v) is 3.78. The van der Waals surface area contributed by atoms with Gasteiger partial charge in [-0.1, -0.05) is 34.1 Å². The second kappa shape index (κ2) is 11.1. The topological polar surface area (TPSA) is 105 Å². The van der Waals surface area contributed by atoms with Crippen LogP contribution in [0.1, 0.15) is 28.4 Å². The smallest absolute Gasteiger partial charge is 0.335 e. The molecule has 0 aliphatic carbocycles. The maximum atomic E-state index is 12.8. The highest BCUT2D eigenvalue weighted by atomic mass is 79.9. The predicted octanol–water partition coefficient (Wildman–Crippen LogP) is 3.94. The Morgan fingerprint density at radius 3 is 2.50 bits per heavy atom. The first-order valence-corrected chi connectivity index (χ1v) is 11.4. The molecule has 0 unspecified atom stereocenters. The molecule has 0 bridgehead atoms. The van der Waals surface area contributed by atoms with Crippen molar-refractivity contribution in [2.45, 2.75) is 13.5 Å².